The van der Waals surface area contributed by atoms with Crippen LogP contribution in [0.1, 0.15) is 306 Å². The zero-order chi connectivity index (χ0) is 54.8. The Hall–Kier alpha value is -1.94. The number of nitrogens with zero attached hydrogens (tertiary/aromatic N) is 2. The third-order valence-corrected chi connectivity index (χ3v) is 23.6. The Morgan fingerprint density at radius 1 is 0.295 bits per heavy atom. The Morgan fingerprint density at radius 2 is 0.667 bits per heavy atom. The SMILES string of the molecule is CCCCCCCCc1csc(-c2sc(-c3sc(-c4sc(-c5sc(-c6sccc6CCCCCCCC)cc5CCCCCCCC)nc4CCCCCCCC)nc3CCCCCCCC)cc2CCCCCCCC)c1. The second-order valence-electron chi connectivity index (χ2n) is 23.2. The largest absolute Gasteiger partial charge is 0.239 e. The van der Waals surface area contributed by atoms with Crippen molar-refractivity contribution < 1.29 is 0 Å². The van der Waals surface area contributed by atoms with Crippen molar-refractivity contribution in [2.24, 2.45) is 0 Å². The predicted molar refractivity (Wildman–Crippen MR) is 359 cm³/mol. The first-order chi connectivity index (χ1) is 38.5. The summed E-state index contributed by atoms with van der Waals surface area (Å²) in [5.74, 6) is 0. The summed E-state index contributed by atoms with van der Waals surface area (Å²) < 4.78 is 0. The summed E-state index contributed by atoms with van der Waals surface area (Å²) in [4.78, 5) is 23.4. The number of hydrogen-bond donors (Lipinski definition) is 0. The van der Waals surface area contributed by atoms with Crippen LogP contribution in [0.3, 0.4) is 0 Å². The third-order valence-electron chi connectivity index (χ3n) is 16.2. The van der Waals surface area contributed by atoms with Gasteiger partial charge in [-0.3, -0.25) is 0 Å². The molecule has 6 aromatic heterocycles. The maximum atomic E-state index is 5.83. The van der Waals surface area contributed by atoms with Crippen LogP contribution < -0.4 is 0 Å². The molecule has 0 aliphatic rings. The molecule has 0 N–H and O–H groups in total. The molecule has 0 amide bonds. The maximum Gasteiger partial charge on any atom is 0.136 e. The number of rotatable bonds is 47. The maximum absolute atomic E-state index is 5.83. The van der Waals surface area contributed by atoms with Gasteiger partial charge < -0.3 is 0 Å². The van der Waals surface area contributed by atoms with E-state index in [9.17, 15) is 0 Å². The van der Waals surface area contributed by atoms with E-state index in [0.29, 0.717) is 0 Å². The van der Waals surface area contributed by atoms with Gasteiger partial charge in [-0.15, -0.1) is 68.0 Å². The van der Waals surface area contributed by atoms with E-state index in [1.165, 1.54) is 316 Å². The average molecular weight is 1170 g/mol. The molecule has 0 atom stereocenters. The Morgan fingerprint density at radius 3 is 1.17 bits per heavy atom. The Balaban J connectivity index is 1.38. The number of hydrogen-bond acceptors (Lipinski definition) is 8. The minimum absolute atomic E-state index is 1.04. The van der Waals surface area contributed by atoms with E-state index in [0.717, 1.165) is 19.3 Å². The van der Waals surface area contributed by atoms with Gasteiger partial charge >= 0.3 is 0 Å². The minimum atomic E-state index is 1.04. The van der Waals surface area contributed by atoms with Crippen molar-refractivity contribution in [1.29, 1.82) is 0 Å². The van der Waals surface area contributed by atoms with Crippen molar-refractivity contribution in [3.63, 3.8) is 0 Å². The third kappa shape index (κ3) is 22.3. The number of aryl methyl sites for hydroxylation is 6. The highest BCUT2D eigenvalue weighted by Gasteiger charge is 2.26. The highest BCUT2D eigenvalue weighted by atomic mass is 32.1. The molecule has 0 fully saturated rings. The molecule has 6 heterocycles. The van der Waals surface area contributed by atoms with E-state index in [1.807, 2.05) is 45.3 Å². The van der Waals surface area contributed by atoms with Crippen LogP contribution >= 0.6 is 68.0 Å². The van der Waals surface area contributed by atoms with Crippen molar-refractivity contribution in [3.8, 4) is 49.0 Å². The van der Waals surface area contributed by atoms with E-state index in [-0.39, 0.29) is 0 Å². The zero-order valence-corrected chi connectivity index (χ0v) is 55.4. The molecule has 6 aromatic rings. The van der Waals surface area contributed by atoms with Gasteiger partial charge in [-0.1, -0.05) is 234 Å². The lowest BCUT2D eigenvalue weighted by molar-refractivity contribution is 0.605. The number of thiophene rings is 4. The van der Waals surface area contributed by atoms with E-state index in [2.05, 4.69) is 99.2 Å². The summed E-state index contributed by atoms with van der Waals surface area (Å²) >= 11 is 12.1. The van der Waals surface area contributed by atoms with Crippen LogP contribution in [0.15, 0.2) is 35.0 Å². The molecule has 8 heteroatoms. The molecule has 0 aliphatic carbocycles. The molecular weight excluding hydrogens is 1060 g/mol. The van der Waals surface area contributed by atoms with Crippen molar-refractivity contribution >= 4 is 68.0 Å². The molecular formula is C70H108N2S6. The molecule has 0 spiro atoms. The summed E-state index contributed by atoms with van der Waals surface area (Å²) in [7, 11) is 0. The summed E-state index contributed by atoms with van der Waals surface area (Å²) in [6, 6.07) is 10.3. The van der Waals surface area contributed by atoms with Crippen molar-refractivity contribution in [1.82, 2.24) is 9.97 Å². The van der Waals surface area contributed by atoms with Crippen LogP contribution in [0, 0.1) is 0 Å². The Labute approximate surface area is 503 Å². The summed E-state index contributed by atoms with van der Waals surface area (Å²) in [6.45, 7) is 14.0. The molecule has 0 radical (unpaired) electrons. The van der Waals surface area contributed by atoms with Gasteiger partial charge in [0.05, 0.1) is 26.0 Å². The number of unbranched alkanes of at least 4 members (excludes halogenated alkanes) is 30. The van der Waals surface area contributed by atoms with Gasteiger partial charge in [-0.25, -0.2) is 9.97 Å². The fourth-order valence-corrected chi connectivity index (χ4v) is 18.5. The fourth-order valence-electron chi connectivity index (χ4n) is 11.4. The Bertz CT molecular complexity index is 2450. The molecule has 78 heavy (non-hydrogen) atoms. The lowest BCUT2D eigenvalue weighted by Gasteiger charge is -2.03. The molecule has 0 saturated heterocycles. The molecule has 0 aliphatic heterocycles. The molecule has 6 rings (SSSR count). The normalized spacial score (nSPS) is 11.8. The van der Waals surface area contributed by atoms with Crippen LogP contribution in [0.25, 0.3) is 49.0 Å². The van der Waals surface area contributed by atoms with E-state index in [1.54, 1.807) is 16.7 Å². The van der Waals surface area contributed by atoms with Gasteiger partial charge in [0.2, 0.25) is 0 Å². The van der Waals surface area contributed by atoms with Crippen LogP contribution in [-0.2, 0) is 38.5 Å². The second-order valence-corrected chi connectivity index (χ2v) is 29.2. The molecule has 0 bridgehead atoms. The van der Waals surface area contributed by atoms with Crippen LogP contribution in [0.4, 0.5) is 0 Å². The van der Waals surface area contributed by atoms with Crippen LogP contribution in [-0.4, -0.2) is 9.97 Å². The molecule has 0 saturated carbocycles. The van der Waals surface area contributed by atoms with Gasteiger partial charge in [0.1, 0.15) is 10.0 Å². The predicted octanol–water partition coefficient (Wildman–Crippen LogP) is 26.6. The molecule has 0 aromatic carbocycles. The van der Waals surface area contributed by atoms with Crippen LogP contribution in [0.5, 0.6) is 0 Å². The molecule has 434 valence electrons. The standard InChI is InChI=1S/C70H108N2S6/c1-7-13-19-25-31-37-43-55-51-61(74-54-55)65-57(45-39-33-27-21-15-9-3)52-63(75-65)67-59(47-41-35-29-23-17-11-5)71-70(77-67)68-60(48-42-36-30-24-18-12-6)72-69(78-68)66-58(46-40-34-28-22-16-10-4)53-62(76-66)64-56(49-50-73-64)44-38-32-26-20-14-8-2/h49-54H,7-48H2,1-6H3. The first-order valence-corrected chi connectivity index (χ1v) is 37.9. The van der Waals surface area contributed by atoms with Gasteiger partial charge in [-0.05, 0) is 134 Å². The fraction of sp³-hybridized carbons (Fsp3) is 0.686. The van der Waals surface area contributed by atoms with Crippen molar-refractivity contribution in [3.05, 3.63) is 68.7 Å². The Kier molecular flexibility index (Phi) is 33.0. The number of aromatic nitrogens is 2. The first kappa shape index (κ1) is 65.2. The highest BCUT2D eigenvalue weighted by molar-refractivity contribution is 7.30. The van der Waals surface area contributed by atoms with Crippen molar-refractivity contribution in [2.75, 3.05) is 0 Å². The van der Waals surface area contributed by atoms with E-state index in [4.69, 9.17) is 9.97 Å². The smallest absolute Gasteiger partial charge is 0.136 e. The molecule has 2 nitrogen and oxygen atoms in total. The minimum Gasteiger partial charge on any atom is -0.239 e. The molecule has 0 unspecified atom stereocenters. The lowest BCUT2D eigenvalue weighted by Crippen LogP contribution is -1.92. The van der Waals surface area contributed by atoms with Crippen molar-refractivity contribution in [2.45, 2.75) is 311 Å². The second kappa shape index (κ2) is 39.5. The van der Waals surface area contributed by atoms with E-state index < -0.39 is 0 Å². The average Bonchev–Trinajstić information content (AvgIpc) is 4.34. The van der Waals surface area contributed by atoms with Crippen LogP contribution in [0.2, 0.25) is 0 Å². The summed E-state index contributed by atoms with van der Waals surface area (Å²) in [5, 5.41) is 7.33. The highest BCUT2D eigenvalue weighted by Crippen LogP contribution is 2.50. The quantitative estimate of drug-likeness (QED) is 0.0356. The first-order valence-electron chi connectivity index (χ1n) is 32.9. The lowest BCUT2D eigenvalue weighted by atomic mass is 10.0. The van der Waals surface area contributed by atoms with Gasteiger partial charge in [-0.2, -0.15) is 0 Å². The summed E-state index contributed by atoms with van der Waals surface area (Å²) in [5.41, 5.74) is 8.88. The monoisotopic (exact) mass is 1170 g/mol. The van der Waals surface area contributed by atoms with Gasteiger partial charge in [0, 0.05) is 24.4 Å². The number of thiazole rings is 2. The van der Waals surface area contributed by atoms with E-state index >= 15 is 0 Å². The summed E-state index contributed by atoms with van der Waals surface area (Å²) in [6.07, 6.45) is 54.7. The zero-order valence-electron chi connectivity index (χ0n) is 50.5. The van der Waals surface area contributed by atoms with Gasteiger partial charge in [0.25, 0.3) is 0 Å². The topological polar surface area (TPSA) is 25.8 Å². The van der Waals surface area contributed by atoms with Gasteiger partial charge in [0.15, 0.2) is 0 Å².